The topological polar surface area (TPSA) is 68.8 Å². The van der Waals surface area contributed by atoms with Gasteiger partial charge in [0.25, 0.3) is 0 Å². The minimum absolute atomic E-state index is 0.0362. The molecule has 0 heterocycles. The summed E-state index contributed by atoms with van der Waals surface area (Å²) in [6.45, 7) is 3.64. The van der Waals surface area contributed by atoms with Crippen LogP contribution in [0.15, 0.2) is 29.2 Å². The number of rotatable bonds is 5. The Hall–Kier alpha value is -2.77. The molecule has 7 heteroatoms. The van der Waals surface area contributed by atoms with Crippen LogP contribution in [0, 0.1) is 34.3 Å². The van der Waals surface area contributed by atoms with Crippen molar-refractivity contribution in [3.63, 3.8) is 0 Å². The summed E-state index contributed by atoms with van der Waals surface area (Å²) in [5.74, 6) is -1.31. The Bertz CT molecular complexity index is 885. The lowest BCUT2D eigenvalue weighted by Crippen LogP contribution is -2.06. The van der Waals surface area contributed by atoms with Gasteiger partial charge in [-0.3, -0.25) is 0 Å². The van der Waals surface area contributed by atoms with Gasteiger partial charge in [0, 0.05) is 17.0 Å². The summed E-state index contributed by atoms with van der Waals surface area (Å²) in [6, 6.07) is 9.84. The SMILES string of the molecule is COc1cccc(Nc2c(F)c(C#N)c(C#N)c(F)c2SC(C)C)c1. The summed E-state index contributed by atoms with van der Waals surface area (Å²) < 4.78 is 34.7. The molecule has 128 valence electrons. The Kier molecular flexibility index (Phi) is 5.84. The van der Waals surface area contributed by atoms with E-state index in [2.05, 4.69) is 5.32 Å². The van der Waals surface area contributed by atoms with Gasteiger partial charge in [0.1, 0.15) is 29.0 Å². The highest BCUT2D eigenvalue weighted by atomic mass is 32.2. The van der Waals surface area contributed by atoms with E-state index >= 15 is 0 Å². The Morgan fingerprint density at radius 2 is 1.76 bits per heavy atom. The van der Waals surface area contributed by atoms with Gasteiger partial charge in [0.15, 0.2) is 11.6 Å². The molecule has 0 atom stereocenters. The van der Waals surface area contributed by atoms with Gasteiger partial charge in [-0.05, 0) is 12.1 Å². The average molecular weight is 359 g/mol. The molecule has 25 heavy (non-hydrogen) atoms. The number of methoxy groups -OCH3 is 1. The Labute approximate surface area is 149 Å². The van der Waals surface area contributed by atoms with Crippen molar-refractivity contribution in [3.8, 4) is 17.9 Å². The van der Waals surface area contributed by atoms with Gasteiger partial charge in [-0.2, -0.15) is 10.5 Å². The number of hydrogen-bond donors (Lipinski definition) is 1. The van der Waals surface area contributed by atoms with Crippen molar-refractivity contribution in [1.82, 2.24) is 0 Å². The molecule has 0 aliphatic heterocycles. The van der Waals surface area contributed by atoms with E-state index in [4.69, 9.17) is 15.3 Å². The first-order valence-electron chi connectivity index (χ1n) is 7.35. The molecule has 0 bridgehead atoms. The summed E-state index contributed by atoms with van der Waals surface area (Å²) in [6.07, 6.45) is 0. The summed E-state index contributed by atoms with van der Waals surface area (Å²) in [4.78, 5) is -0.0362. The molecule has 0 aliphatic carbocycles. The molecular formula is C18H15F2N3OS. The number of nitriles is 2. The van der Waals surface area contributed by atoms with Crippen LogP contribution in [0.1, 0.15) is 25.0 Å². The Balaban J connectivity index is 2.67. The fourth-order valence-electron chi connectivity index (χ4n) is 2.18. The molecule has 4 nitrogen and oxygen atoms in total. The molecule has 0 saturated carbocycles. The number of benzene rings is 2. The van der Waals surface area contributed by atoms with Gasteiger partial charge < -0.3 is 10.1 Å². The molecule has 0 fully saturated rings. The maximum Gasteiger partial charge on any atom is 0.167 e. The zero-order valence-corrected chi connectivity index (χ0v) is 14.7. The van der Waals surface area contributed by atoms with Crippen LogP contribution in [0.25, 0.3) is 0 Å². The molecule has 0 radical (unpaired) electrons. The van der Waals surface area contributed by atoms with Gasteiger partial charge in [-0.25, -0.2) is 8.78 Å². The highest BCUT2D eigenvalue weighted by Crippen LogP contribution is 2.40. The molecule has 0 aromatic heterocycles. The fraction of sp³-hybridized carbons (Fsp3) is 0.222. The van der Waals surface area contributed by atoms with Crippen LogP contribution >= 0.6 is 11.8 Å². The standard InChI is InChI=1S/C18H15F2N3OS/c1-10(2)25-18-16(20)14(9-22)13(8-21)15(19)17(18)23-11-5-4-6-12(7-11)24-3/h4-7,10,23H,1-3H3. The molecule has 2 rings (SSSR count). The maximum atomic E-state index is 14.8. The van der Waals surface area contributed by atoms with Gasteiger partial charge in [0.2, 0.25) is 0 Å². The van der Waals surface area contributed by atoms with Crippen molar-refractivity contribution in [1.29, 1.82) is 10.5 Å². The minimum Gasteiger partial charge on any atom is -0.497 e. The number of nitrogens with one attached hydrogen (secondary N) is 1. The van der Waals surface area contributed by atoms with E-state index in [1.165, 1.54) is 7.11 Å². The van der Waals surface area contributed by atoms with Crippen molar-refractivity contribution in [2.75, 3.05) is 12.4 Å². The van der Waals surface area contributed by atoms with Crippen molar-refractivity contribution in [2.24, 2.45) is 0 Å². The van der Waals surface area contributed by atoms with Crippen molar-refractivity contribution < 1.29 is 13.5 Å². The number of ether oxygens (including phenoxy) is 1. The predicted octanol–water partition coefficient (Wildman–Crippen LogP) is 4.96. The summed E-state index contributed by atoms with van der Waals surface area (Å²) in [5.41, 5.74) is -0.894. The van der Waals surface area contributed by atoms with E-state index in [1.807, 2.05) is 13.8 Å². The second-order valence-electron chi connectivity index (χ2n) is 5.33. The third kappa shape index (κ3) is 3.84. The predicted molar refractivity (Wildman–Crippen MR) is 93.1 cm³/mol. The highest BCUT2D eigenvalue weighted by molar-refractivity contribution is 8.00. The van der Waals surface area contributed by atoms with Crippen LogP contribution in [0.2, 0.25) is 0 Å². The summed E-state index contributed by atoms with van der Waals surface area (Å²) in [7, 11) is 1.49. The molecule has 0 unspecified atom stereocenters. The maximum absolute atomic E-state index is 14.8. The molecule has 2 aromatic carbocycles. The molecule has 2 aromatic rings. The van der Waals surface area contributed by atoms with E-state index in [0.717, 1.165) is 11.8 Å². The molecular weight excluding hydrogens is 344 g/mol. The molecule has 0 amide bonds. The number of thioether (sulfide) groups is 1. The average Bonchev–Trinajstić information content (AvgIpc) is 2.60. The number of nitrogens with zero attached hydrogens (tertiary/aromatic N) is 2. The van der Waals surface area contributed by atoms with E-state index in [1.54, 1.807) is 36.4 Å². The first-order valence-corrected chi connectivity index (χ1v) is 8.23. The molecule has 0 aliphatic rings. The summed E-state index contributed by atoms with van der Waals surface area (Å²) >= 11 is 1.07. The van der Waals surface area contributed by atoms with Gasteiger partial charge >= 0.3 is 0 Å². The third-order valence-electron chi connectivity index (χ3n) is 3.25. The van der Waals surface area contributed by atoms with Crippen LogP contribution in [-0.4, -0.2) is 12.4 Å². The van der Waals surface area contributed by atoms with Gasteiger partial charge in [0.05, 0.1) is 17.7 Å². The monoisotopic (exact) mass is 359 g/mol. The van der Waals surface area contributed by atoms with Crippen LogP contribution < -0.4 is 10.1 Å². The number of halogens is 2. The van der Waals surface area contributed by atoms with E-state index in [-0.39, 0.29) is 15.8 Å². The van der Waals surface area contributed by atoms with Crippen LogP contribution in [-0.2, 0) is 0 Å². The highest BCUT2D eigenvalue weighted by Gasteiger charge is 2.26. The van der Waals surface area contributed by atoms with E-state index in [0.29, 0.717) is 11.4 Å². The lowest BCUT2D eigenvalue weighted by atomic mass is 10.1. The normalized spacial score (nSPS) is 10.2. The first-order chi connectivity index (χ1) is 11.9. The van der Waals surface area contributed by atoms with Crippen molar-refractivity contribution in [2.45, 2.75) is 24.0 Å². The number of anilines is 2. The molecule has 0 saturated heterocycles. The van der Waals surface area contributed by atoms with Crippen LogP contribution in [0.5, 0.6) is 5.75 Å². The second-order valence-corrected chi connectivity index (χ2v) is 6.92. The van der Waals surface area contributed by atoms with Gasteiger partial charge in [-0.1, -0.05) is 19.9 Å². The van der Waals surface area contributed by atoms with Crippen LogP contribution in [0.4, 0.5) is 20.2 Å². The lowest BCUT2D eigenvalue weighted by Gasteiger charge is -2.17. The molecule has 1 N–H and O–H groups in total. The van der Waals surface area contributed by atoms with Gasteiger partial charge in [-0.15, -0.1) is 11.8 Å². The van der Waals surface area contributed by atoms with Crippen LogP contribution in [0.3, 0.4) is 0 Å². The van der Waals surface area contributed by atoms with Crippen molar-refractivity contribution in [3.05, 3.63) is 47.0 Å². The zero-order valence-electron chi connectivity index (χ0n) is 13.9. The quantitative estimate of drug-likeness (QED) is 0.764. The minimum atomic E-state index is -0.952. The fourth-order valence-corrected chi connectivity index (χ4v) is 3.12. The first kappa shape index (κ1) is 18.6. The lowest BCUT2D eigenvalue weighted by molar-refractivity contribution is 0.415. The second kappa shape index (κ2) is 7.87. The third-order valence-corrected chi connectivity index (χ3v) is 4.34. The van der Waals surface area contributed by atoms with Crippen molar-refractivity contribution >= 4 is 23.1 Å². The number of hydrogen-bond acceptors (Lipinski definition) is 5. The largest absolute Gasteiger partial charge is 0.497 e. The van der Waals surface area contributed by atoms with E-state index < -0.39 is 22.8 Å². The Morgan fingerprint density at radius 3 is 2.32 bits per heavy atom. The molecule has 0 spiro atoms. The zero-order chi connectivity index (χ0) is 18.6. The summed E-state index contributed by atoms with van der Waals surface area (Å²) in [5, 5.41) is 21.0. The van der Waals surface area contributed by atoms with E-state index in [9.17, 15) is 8.78 Å². The Morgan fingerprint density at radius 1 is 1.12 bits per heavy atom. The smallest absolute Gasteiger partial charge is 0.167 e.